The van der Waals surface area contributed by atoms with Gasteiger partial charge in [-0.1, -0.05) is 12.5 Å². The Hall–Kier alpha value is -1.60. The highest BCUT2D eigenvalue weighted by Crippen LogP contribution is 2.25. The van der Waals surface area contributed by atoms with Gasteiger partial charge in [0, 0.05) is 12.6 Å². The van der Waals surface area contributed by atoms with Crippen LogP contribution in [0.4, 0.5) is 4.39 Å². The second-order valence-electron chi connectivity index (χ2n) is 4.62. The second kappa shape index (κ2) is 5.83. The standard InChI is InChI=1S/C14H17FN2O/c1-18-14-6-5-10(7-12(14)15)9-17-13-4-2-3-11(13)8-16/h5-7,11,13,17H,2-4,9H2,1H3. The van der Waals surface area contributed by atoms with Gasteiger partial charge in [0.25, 0.3) is 0 Å². The number of hydrogen-bond donors (Lipinski definition) is 1. The summed E-state index contributed by atoms with van der Waals surface area (Å²) in [5.41, 5.74) is 0.872. The fraction of sp³-hybridized carbons (Fsp3) is 0.500. The number of ether oxygens (including phenoxy) is 1. The predicted octanol–water partition coefficient (Wildman–Crippen LogP) is 2.62. The van der Waals surface area contributed by atoms with Gasteiger partial charge < -0.3 is 10.1 Å². The van der Waals surface area contributed by atoms with Crippen molar-refractivity contribution in [2.75, 3.05) is 7.11 Å². The molecule has 0 radical (unpaired) electrons. The number of rotatable bonds is 4. The molecule has 18 heavy (non-hydrogen) atoms. The van der Waals surface area contributed by atoms with Gasteiger partial charge in [0.1, 0.15) is 0 Å². The minimum Gasteiger partial charge on any atom is -0.494 e. The maximum Gasteiger partial charge on any atom is 0.165 e. The summed E-state index contributed by atoms with van der Waals surface area (Å²) in [5, 5.41) is 12.3. The lowest BCUT2D eigenvalue weighted by Gasteiger charge is -2.15. The first-order chi connectivity index (χ1) is 8.74. The van der Waals surface area contributed by atoms with Crippen LogP contribution < -0.4 is 10.1 Å². The van der Waals surface area contributed by atoms with Crippen molar-refractivity contribution in [1.82, 2.24) is 5.32 Å². The second-order valence-corrected chi connectivity index (χ2v) is 4.62. The molecule has 0 heterocycles. The summed E-state index contributed by atoms with van der Waals surface area (Å²) in [7, 11) is 1.45. The number of benzene rings is 1. The Morgan fingerprint density at radius 2 is 2.33 bits per heavy atom. The van der Waals surface area contributed by atoms with E-state index in [1.165, 1.54) is 13.2 Å². The average molecular weight is 248 g/mol. The van der Waals surface area contributed by atoms with Crippen molar-refractivity contribution in [2.45, 2.75) is 31.8 Å². The van der Waals surface area contributed by atoms with E-state index in [0.717, 1.165) is 24.8 Å². The Labute approximate surface area is 107 Å². The smallest absolute Gasteiger partial charge is 0.165 e. The molecule has 0 bridgehead atoms. The first-order valence-corrected chi connectivity index (χ1v) is 6.20. The zero-order valence-electron chi connectivity index (χ0n) is 10.4. The molecular weight excluding hydrogens is 231 g/mol. The summed E-state index contributed by atoms with van der Waals surface area (Å²) in [6.45, 7) is 0.587. The van der Waals surface area contributed by atoms with E-state index in [1.807, 2.05) is 6.07 Å². The van der Waals surface area contributed by atoms with Gasteiger partial charge in [-0.15, -0.1) is 0 Å². The fourth-order valence-electron chi connectivity index (χ4n) is 2.43. The van der Waals surface area contributed by atoms with E-state index in [1.54, 1.807) is 6.07 Å². The number of nitrogens with one attached hydrogen (secondary N) is 1. The van der Waals surface area contributed by atoms with Crippen molar-refractivity contribution < 1.29 is 9.13 Å². The van der Waals surface area contributed by atoms with Crippen molar-refractivity contribution >= 4 is 0 Å². The number of halogens is 1. The van der Waals surface area contributed by atoms with Gasteiger partial charge in [-0.05, 0) is 30.5 Å². The van der Waals surface area contributed by atoms with Crippen LogP contribution in [0.5, 0.6) is 5.75 Å². The van der Waals surface area contributed by atoms with Gasteiger partial charge in [0.05, 0.1) is 19.1 Å². The van der Waals surface area contributed by atoms with Crippen LogP contribution in [-0.2, 0) is 6.54 Å². The van der Waals surface area contributed by atoms with Crippen molar-refractivity contribution in [2.24, 2.45) is 5.92 Å². The van der Waals surface area contributed by atoms with Crippen LogP contribution in [0.25, 0.3) is 0 Å². The maximum absolute atomic E-state index is 13.5. The van der Waals surface area contributed by atoms with Gasteiger partial charge in [-0.25, -0.2) is 4.39 Å². The highest BCUT2D eigenvalue weighted by molar-refractivity contribution is 5.29. The third-order valence-corrected chi connectivity index (χ3v) is 3.47. The molecule has 0 spiro atoms. The van der Waals surface area contributed by atoms with Crippen molar-refractivity contribution in [1.29, 1.82) is 5.26 Å². The first kappa shape index (κ1) is 12.8. The summed E-state index contributed by atoms with van der Waals surface area (Å²) >= 11 is 0. The molecule has 96 valence electrons. The molecule has 1 aliphatic rings. The number of nitrogens with zero attached hydrogens (tertiary/aromatic N) is 1. The molecule has 2 rings (SSSR count). The molecule has 0 amide bonds. The molecule has 1 aromatic carbocycles. The minimum atomic E-state index is -0.347. The van der Waals surface area contributed by atoms with Crippen LogP contribution in [0.2, 0.25) is 0 Å². The average Bonchev–Trinajstić information content (AvgIpc) is 2.84. The minimum absolute atomic E-state index is 0.0908. The van der Waals surface area contributed by atoms with Crippen LogP contribution in [-0.4, -0.2) is 13.2 Å². The lowest BCUT2D eigenvalue weighted by molar-refractivity contribution is 0.385. The van der Waals surface area contributed by atoms with E-state index in [-0.39, 0.29) is 23.5 Å². The van der Waals surface area contributed by atoms with Crippen LogP contribution in [0.1, 0.15) is 24.8 Å². The zero-order valence-corrected chi connectivity index (χ0v) is 10.4. The molecule has 1 saturated carbocycles. The fourth-order valence-corrected chi connectivity index (χ4v) is 2.43. The summed E-state index contributed by atoms with van der Waals surface area (Å²) in [4.78, 5) is 0. The van der Waals surface area contributed by atoms with Gasteiger partial charge in [0.15, 0.2) is 11.6 Å². The molecule has 2 unspecified atom stereocenters. The van der Waals surface area contributed by atoms with Crippen LogP contribution in [0.15, 0.2) is 18.2 Å². The van der Waals surface area contributed by atoms with Gasteiger partial charge in [-0.3, -0.25) is 0 Å². The molecule has 1 N–H and O–H groups in total. The Bertz CT molecular complexity index is 456. The third-order valence-electron chi connectivity index (χ3n) is 3.47. The zero-order chi connectivity index (χ0) is 13.0. The normalized spacial score (nSPS) is 22.7. The predicted molar refractivity (Wildman–Crippen MR) is 66.5 cm³/mol. The molecule has 3 nitrogen and oxygen atoms in total. The maximum atomic E-state index is 13.5. The van der Waals surface area contributed by atoms with Gasteiger partial charge in [0.2, 0.25) is 0 Å². The van der Waals surface area contributed by atoms with Crippen LogP contribution in [0.3, 0.4) is 0 Å². The molecule has 2 atom stereocenters. The molecule has 1 aliphatic carbocycles. The van der Waals surface area contributed by atoms with E-state index in [0.29, 0.717) is 6.54 Å². The monoisotopic (exact) mass is 248 g/mol. The lowest BCUT2D eigenvalue weighted by Crippen LogP contribution is -2.31. The first-order valence-electron chi connectivity index (χ1n) is 6.20. The number of nitriles is 1. The van der Waals surface area contributed by atoms with Crippen LogP contribution in [0, 0.1) is 23.1 Å². The summed E-state index contributed by atoms with van der Waals surface area (Å²) in [6.07, 6.45) is 3.08. The van der Waals surface area contributed by atoms with E-state index < -0.39 is 0 Å². The quantitative estimate of drug-likeness (QED) is 0.890. The Morgan fingerprint density at radius 1 is 1.50 bits per heavy atom. The topological polar surface area (TPSA) is 45.0 Å². The van der Waals surface area contributed by atoms with E-state index in [2.05, 4.69) is 11.4 Å². The Kier molecular flexibility index (Phi) is 4.16. The summed E-state index contributed by atoms with van der Waals surface area (Å²) in [6, 6.07) is 7.50. The highest BCUT2D eigenvalue weighted by Gasteiger charge is 2.26. The van der Waals surface area contributed by atoms with E-state index in [4.69, 9.17) is 10.00 Å². The molecule has 0 saturated heterocycles. The van der Waals surface area contributed by atoms with E-state index in [9.17, 15) is 4.39 Å². The van der Waals surface area contributed by atoms with Crippen LogP contribution >= 0.6 is 0 Å². The SMILES string of the molecule is COc1ccc(CNC2CCCC2C#N)cc1F. The Morgan fingerprint density at radius 3 is 3.00 bits per heavy atom. The molecule has 0 aliphatic heterocycles. The molecule has 1 aromatic rings. The largest absolute Gasteiger partial charge is 0.494 e. The van der Waals surface area contributed by atoms with Gasteiger partial charge >= 0.3 is 0 Å². The lowest BCUT2D eigenvalue weighted by atomic mass is 10.1. The number of hydrogen-bond acceptors (Lipinski definition) is 3. The van der Waals surface area contributed by atoms with Crippen molar-refractivity contribution in [3.8, 4) is 11.8 Å². The molecule has 1 fully saturated rings. The van der Waals surface area contributed by atoms with E-state index >= 15 is 0 Å². The molecule has 0 aromatic heterocycles. The van der Waals surface area contributed by atoms with Crippen molar-refractivity contribution in [3.05, 3.63) is 29.6 Å². The van der Waals surface area contributed by atoms with Crippen molar-refractivity contribution in [3.63, 3.8) is 0 Å². The third kappa shape index (κ3) is 2.80. The summed E-state index contributed by atoms with van der Waals surface area (Å²) in [5.74, 6) is 0.00247. The summed E-state index contributed by atoms with van der Waals surface area (Å²) < 4.78 is 18.4. The Balaban J connectivity index is 1.94. The van der Waals surface area contributed by atoms with Gasteiger partial charge in [-0.2, -0.15) is 5.26 Å². The number of methoxy groups -OCH3 is 1. The highest BCUT2D eigenvalue weighted by atomic mass is 19.1. The molecule has 4 heteroatoms. The molecular formula is C14H17FN2O.